The predicted octanol–water partition coefficient (Wildman–Crippen LogP) is 3.30. The van der Waals surface area contributed by atoms with Crippen molar-refractivity contribution in [1.29, 1.82) is 0 Å². The molecule has 0 atom stereocenters. The van der Waals surface area contributed by atoms with E-state index in [2.05, 4.69) is 9.97 Å². The van der Waals surface area contributed by atoms with Crippen LogP contribution in [0.2, 0.25) is 0 Å². The van der Waals surface area contributed by atoms with Gasteiger partial charge < -0.3 is 4.90 Å². The Hall–Kier alpha value is -2.79. The minimum atomic E-state index is -4.63. The number of halogens is 4. The molecule has 2 heterocycles. The Labute approximate surface area is 169 Å². The Morgan fingerprint density at radius 1 is 0.933 bits per heavy atom. The highest BCUT2D eigenvalue weighted by Gasteiger charge is 2.34. The van der Waals surface area contributed by atoms with Crippen LogP contribution in [-0.4, -0.2) is 48.9 Å². The van der Waals surface area contributed by atoms with Gasteiger partial charge in [0.2, 0.25) is 10.0 Å². The fraction of sp³-hybridized carbons (Fsp3) is 0.263. The summed E-state index contributed by atoms with van der Waals surface area (Å²) in [7, 11) is -4.09. The number of benzene rings is 2. The first-order chi connectivity index (χ1) is 14.2. The summed E-state index contributed by atoms with van der Waals surface area (Å²) in [5.41, 5.74) is -0.461. The lowest BCUT2D eigenvalue weighted by Crippen LogP contribution is -2.49. The van der Waals surface area contributed by atoms with Crippen molar-refractivity contribution in [1.82, 2.24) is 14.3 Å². The normalized spacial score (nSPS) is 16.2. The lowest BCUT2D eigenvalue weighted by molar-refractivity contribution is -0.137. The topological polar surface area (TPSA) is 66.4 Å². The molecule has 1 fully saturated rings. The SMILES string of the molecule is O=S(=O)(c1cccc(C(F)(F)F)c1)N1CCN(c2ncnc3ccc(F)cc23)CC1. The van der Waals surface area contributed by atoms with Gasteiger partial charge in [0.25, 0.3) is 0 Å². The van der Waals surface area contributed by atoms with Crippen molar-refractivity contribution in [3.63, 3.8) is 0 Å². The number of anilines is 1. The second kappa shape index (κ2) is 7.47. The summed E-state index contributed by atoms with van der Waals surface area (Å²) in [6.07, 6.45) is -3.28. The van der Waals surface area contributed by atoms with Crippen LogP contribution in [0.4, 0.5) is 23.4 Å². The van der Waals surface area contributed by atoms with Crippen molar-refractivity contribution >= 4 is 26.7 Å². The predicted molar refractivity (Wildman–Crippen MR) is 102 cm³/mol. The van der Waals surface area contributed by atoms with Gasteiger partial charge in [0.15, 0.2) is 0 Å². The average Bonchev–Trinajstić information content (AvgIpc) is 2.73. The maximum atomic E-state index is 13.7. The molecular weight excluding hydrogens is 424 g/mol. The molecule has 1 aliphatic rings. The van der Waals surface area contributed by atoms with Gasteiger partial charge in [-0.05, 0) is 36.4 Å². The molecule has 11 heteroatoms. The fourth-order valence-corrected chi connectivity index (χ4v) is 4.86. The zero-order chi connectivity index (χ0) is 21.5. The van der Waals surface area contributed by atoms with E-state index in [1.165, 1.54) is 24.5 Å². The molecule has 0 radical (unpaired) electrons. The van der Waals surface area contributed by atoms with Crippen LogP contribution in [0.5, 0.6) is 0 Å². The standard InChI is InChI=1S/C19H16F4N4O2S/c20-14-4-5-17-16(11-14)18(25-12-24-17)26-6-8-27(9-7-26)30(28,29)15-3-1-2-13(10-15)19(21,22)23/h1-5,10-12H,6-9H2. The van der Waals surface area contributed by atoms with Crippen molar-refractivity contribution in [3.8, 4) is 0 Å². The molecule has 0 unspecified atom stereocenters. The smallest absolute Gasteiger partial charge is 0.353 e. The van der Waals surface area contributed by atoms with Gasteiger partial charge >= 0.3 is 6.18 Å². The first-order valence-electron chi connectivity index (χ1n) is 8.99. The molecule has 0 amide bonds. The molecule has 1 saturated heterocycles. The largest absolute Gasteiger partial charge is 0.416 e. The van der Waals surface area contributed by atoms with Crippen LogP contribution in [0.3, 0.4) is 0 Å². The molecule has 0 N–H and O–H groups in total. The van der Waals surface area contributed by atoms with E-state index in [1.54, 1.807) is 0 Å². The van der Waals surface area contributed by atoms with Gasteiger partial charge in [0.05, 0.1) is 16.0 Å². The Kier molecular flexibility index (Phi) is 5.10. The van der Waals surface area contributed by atoms with E-state index in [0.717, 1.165) is 22.5 Å². The quantitative estimate of drug-likeness (QED) is 0.585. The minimum absolute atomic E-state index is 0.0550. The summed E-state index contributed by atoms with van der Waals surface area (Å²) in [4.78, 5) is 9.71. The molecule has 30 heavy (non-hydrogen) atoms. The van der Waals surface area contributed by atoms with Crippen LogP contribution in [-0.2, 0) is 16.2 Å². The monoisotopic (exact) mass is 440 g/mol. The number of fused-ring (bicyclic) bond motifs is 1. The summed E-state index contributed by atoms with van der Waals surface area (Å²) < 4.78 is 79.3. The third-order valence-corrected chi connectivity index (χ3v) is 6.81. The van der Waals surface area contributed by atoms with Gasteiger partial charge in [-0.25, -0.2) is 22.8 Å². The van der Waals surface area contributed by atoms with E-state index in [4.69, 9.17) is 0 Å². The third-order valence-electron chi connectivity index (χ3n) is 4.91. The Balaban J connectivity index is 1.56. The van der Waals surface area contributed by atoms with Gasteiger partial charge in [-0.2, -0.15) is 17.5 Å². The molecule has 4 rings (SSSR count). The molecule has 3 aromatic rings. The summed E-state index contributed by atoms with van der Waals surface area (Å²) in [5.74, 6) is 0.0416. The molecule has 0 aliphatic carbocycles. The molecule has 6 nitrogen and oxygen atoms in total. The Morgan fingerprint density at radius 2 is 1.67 bits per heavy atom. The maximum Gasteiger partial charge on any atom is 0.416 e. The van der Waals surface area contributed by atoms with Crippen molar-refractivity contribution in [2.75, 3.05) is 31.1 Å². The summed E-state index contributed by atoms with van der Waals surface area (Å²) in [6.45, 7) is 0.612. The Bertz CT molecular complexity index is 1190. The maximum absolute atomic E-state index is 13.7. The summed E-state index contributed by atoms with van der Waals surface area (Å²) in [5, 5.41) is 0.506. The first-order valence-corrected chi connectivity index (χ1v) is 10.4. The number of aromatic nitrogens is 2. The van der Waals surface area contributed by atoms with E-state index in [9.17, 15) is 26.0 Å². The van der Waals surface area contributed by atoms with Crippen molar-refractivity contribution < 1.29 is 26.0 Å². The van der Waals surface area contributed by atoms with E-state index in [-0.39, 0.29) is 26.2 Å². The van der Waals surface area contributed by atoms with Crippen LogP contribution in [0.25, 0.3) is 10.9 Å². The lowest BCUT2D eigenvalue weighted by atomic mass is 10.2. The van der Waals surface area contributed by atoms with Crippen molar-refractivity contribution in [2.24, 2.45) is 0 Å². The van der Waals surface area contributed by atoms with E-state index >= 15 is 0 Å². The van der Waals surface area contributed by atoms with E-state index < -0.39 is 32.5 Å². The van der Waals surface area contributed by atoms with Crippen LogP contribution in [0, 0.1) is 5.82 Å². The van der Waals surface area contributed by atoms with Gasteiger partial charge in [-0.15, -0.1) is 0 Å². The number of alkyl halides is 3. The van der Waals surface area contributed by atoms with Crippen molar-refractivity contribution in [2.45, 2.75) is 11.1 Å². The number of hydrogen-bond donors (Lipinski definition) is 0. The highest BCUT2D eigenvalue weighted by molar-refractivity contribution is 7.89. The van der Waals surface area contributed by atoms with Crippen molar-refractivity contribution in [3.05, 3.63) is 60.2 Å². The summed E-state index contributed by atoms with van der Waals surface area (Å²) in [6, 6.07) is 7.84. The number of rotatable bonds is 3. The van der Waals surface area contributed by atoms with Gasteiger partial charge in [-0.1, -0.05) is 6.07 Å². The van der Waals surface area contributed by atoms with E-state index in [0.29, 0.717) is 22.8 Å². The van der Waals surface area contributed by atoms with Crippen LogP contribution >= 0.6 is 0 Å². The van der Waals surface area contributed by atoms with Crippen LogP contribution in [0.15, 0.2) is 53.7 Å². The molecule has 0 spiro atoms. The highest BCUT2D eigenvalue weighted by atomic mass is 32.2. The van der Waals surface area contributed by atoms with Crippen LogP contribution < -0.4 is 4.90 Å². The van der Waals surface area contributed by atoms with E-state index in [1.807, 2.05) is 4.90 Å². The number of nitrogens with zero attached hydrogens (tertiary/aromatic N) is 4. The molecule has 1 aromatic heterocycles. The van der Waals surface area contributed by atoms with Gasteiger partial charge in [-0.3, -0.25) is 0 Å². The Morgan fingerprint density at radius 3 is 2.37 bits per heavy atom. The number of piperazine rings is 1. The molecule has 0 bridgehead atoms. The lowest BCUT2D eigenvalue weighted by Gasteiger charge is -2.35. The number of hydrogen-bond acceptors (Lipinski definition) is 5. The zero-order valence-corrected chi connectivity index (χ0v) is 16.3. The highest BCUT2D eigenvalue weighted by Crippen LogP contribution is 2.32. The molecule has 1 aliphatic heterocycles. The average molecular weight is 440 g/mol. The first kappa shape index (κ1) is 20.5. The second-order valence-corrected chi connectivity index (χ2v) is 8.71. The fourth-order valence-electron chi connectivity index (χ4n) is 3.39. The minimum Gasteiger partial charge on any atom is -0.353 e. The molecule has 0 saturated carbocycles. The second-order valence-electron chi connectivity index (χ2n) is 6.78. The summed E-state index contributed by atoms with van der Waals surface area (Å²) >= 11 is 0. The van der Waals surface area contributed by atoms with Gasteiger partial charge in [0.1, 0.15) is 18.0 Å². The number of sulfonamides is 1. The molecule has 158 valence electrons. The van der Waals surface area contributed by atoms with Gasteiger partial charge in [0, 0.05) is 31.6 Å². The molecular formula is C19H16F4N4O2S. The van der Waals surface area contributed by atoms with Crippen LogP contribution in [0.1, 0.15) is 5.56 Å². The zero-order valence-electron chi connectivity index (χ0n) is 15.5. The molecule has 2 aromatic carbocycles. The third kappa shape index (κ3) is 3.82.